The largest absolute Gasteiger partial charge is 0.434 e. The van der Waals surface area contributed by atoms with Gasteiger partial charge in [-0.05, 0) is 31.5 Å². The van der Waals surface area contributed by atoms with Gasteiger partial charge in [-0.3, -0.25) is 4.79 Å². The van der Waals surface area contributed by atoms with Crippen LogP contribution in [0, 0.1) is 0 Å². The number of amides is 1. The van der Waals surface area contributed by atoms with Gasteiger partial charge in [0.25, 0.3) is 5.91 Å². The van der Waals surface area contributed by atoms with Crippen LogP contribution in [0.15, 0.2) is 36.5 Å². The lowest BCUT2D eigenvalue weighted by atomic mass is 9.99. The minimum absolute atomic E-state index is 0.0400. The molecule has 1 amide bonds. The maximum atomic E-state index is 13.4. The van der Waals surface area contributed by atoms with Crippen LogP contribution in [0.2, 0.25) is 0 Å². The fraction of sp³-hybridized carbons (Fsp3) is 0.389. The molecule has 4 N–H and O–H groups in total. The van der Waals surface area contributed by atoms with E-state index < -0.39 is 28.9 Å². The minimum atomic E-state index is -4.82. The number of hydrogen-bond acceptors (Lipinski definition) is 6. The van der Waals surface area contributed by atoms with E-state index >= 15 is 0 Å². The predicted octanol–water partition coefficient (Wildman–Crippen LogP) is 2.08. The summed E-state index contributed by atoms with van der Waals surface area (Å²) < 4.78 is 40.2. The summed E-state index contributed by atoms with van der Waals surface area (Å²) in [4.78, 5) is 19.6. The normalized spacial score (nSPS) is 19.4. The van der Waals surface area contributed by atoms with Gasteiger partial charge in [0.05, 0.1) is 11.2 Å². The number of aromatic nitrogens is 2. The maximum absolute atomic E-state index is 13.4. The van der Waals surface area contributed by atoms with Gasteiger partial charge in [0.15, 0.2) is 5.69 Å². The standard InChI is InChI=1S/C18H20F3N5O2/c19-18(20,21)14-13(15(27)23-9-7-17(28)6-8-22-11-17)10-24-16(26-14)25-12-4-2-1-3-5-12/h1-5,10,22,28H,6-9,11H2,(H,23,27)(H,24,25,26). The van der Waals surface area contributed by atoms with Crippen molar-refractivity contribution in [3.05, 3.63) is 47.8 Å². The topological polar surface area (TPSA) is 99.2 Å². The Morgan fingerprint density at radius 3 is 2.68 bits per heavy atom. The molecule has 1 unspecified atom stereocenters. The van der Waals surface area contributed by atoms with E-state index in [0.717, 1.165) is 6.20 Å². The van der Waals surface area contributed by atoms with E-state index in [0.29, 0.717) is 25.2 Å². The second-order valence-corrected chi connectivity index (χ2v) is 6.60. The second-order valence-electron chi connectivity index (χ2n) is 6.60. The quantitative estimate of drug-likeness (QED) is 0.598. The van der Waals surface area contributed by atoms with Gasteiger partial charge in [-0.15, -0.1) is 0 Å². The number of carbonyl (C=O) groups is 1. The summed E-state index contributed by atoms with van der Waals surface area (Å²) in [5.74, 6) is -1.20. The number of anilines is 2. The Bertz CT molecular complexity index is 824. The summed E-state index contributed by atoms with van der Waals surface area (Å²) >= 11 is 0. The summed E-state index contributed by atoms with van der Waals surface area (Å²) in [6.07, 6.45) is -3.21. The third kappa shape index (κ3) is 4.96. The summed E-state index contributed by atoms with van der Waals surface area (Å²) in [5, 5.41) is 18.3. The van der Waals surface area contributed by atoms with Crippen LogP contribution in [-0.4, -0.2) is 46.2 Å². The predicted molar refractivity (Wildman–Crippen MR) is 96.1 cm³/mol. The van der Waals surface area contributed by atoms with Crippen LogP contribution in [0.5, 0.6) is 0 Å². The highest BCUT2D eigenvalue weighted by molar-refractivity contribution is 5.95. The van der Waals surface area contributed by atoms with Gasteiger partial charge in [0.2, 0.25) is 5.95 Å². The van der Waals surface area contributed by atoms with E-state index in [-0.39, 0.29) is 18.9 Å². The molecule has 1 aromatic heterocycles. The Balaban J connectivity index is 1.73. The van der Waals surface area contributed by atoms with E-state index in [1.807, 2.05) is 0 Å². The van der Waals surface area contributed by atoms with E-state index in [1.54, 1.807) is 30.3 Å². The number of nitrogens with zero attached hydrogens (tertiary/aromatic N) is 2. The average Bonchev–Trinajstić information content (AvgIpc) is 3.08. The lowest BCUT2D eigenvalue weighted by Gasteiger charge is -2.21. The van der Waals surface area contributed by atoms with E-state index in [1.165, 1.54) is 0 Å². The summed E-state index contributed by atoms with van der Waals surface area (Å²) in [6, 6.07) is 8.49. The molecule has 0 saturated carbocycles. The molecule has 1 saturated heterocycles. The third-order valence-corrected chi connectivity index (χ3v) is 4.43. The van der Waals surface area contributed by atoms with Crippen molar-refractivity contribution in [3.63, 3.8) is 0 Å². The van der Waals surface area contributed by atoms with Crippen LogP contribution >= 0.6 is 0 Å². The highest BCUT2D eigenvalue weighted by atomic mass is 19.4. The van der Waals surface area contributed by atoms with Crippen LogP contribution < -0.4 is 16.0 Å². The van der Waals surface area contributed by atoms with E-state index in [4.69, 9.17) is 0 Å². The Labute approximate surface area is 159 Å². The third-order valence-electron chi connectivity index (χ3n) is 4.43. The Morgan fingerprint density at radius 2 is 2.04 bits per heavy atom. The number of carbonyl (C=O) groups excluding carboxylic acids is 1. The molecule has 0 radical (unpaired) electrons. The Hall–Kier alpha value is -2.72. The van der Waals surface area contributed by atoms with Crippen LogP contribution in [0.3, 0.4) is 0 Å². The molecule has 1 aliphatic rings. The molecule has 1 fully saturated rings. The van der Waals surface area contributed by atoms with Crippen molar-refractivity contribution >= 4 is 17.5 Å². The van der Waals surface area contributed by atoms with Crippen LogP contribution in [0.4, 0.5) is 24.8 Å². The van der Waals surface area contributed by atoms with Gasteiger partial charge in [-0.2, -0.15) is 13.2 Å². The highest BCUT2D eigenvalue weighted by Crippen LogP contribution is 2.31. The lowest BCUT2D eigenvalue weighted by Crippen LogP contribution is -2.37. The summed E-state index contributed by atoms with van der Waals surface area (Å²) in [7, 11) is 0. The molecular weight excluding hydrogens is 375 g/mol. The van der Waals surface area contributed by atoms with E-state index in [2.05, 4.69) is 25.9 Å². The first kappa shape index (κ1) is 20.0. The number of nitrogens with one attached hydrogen (secondary N) is 3. The van der Waals surface area contributed by atoms with Crippen molar-refractivity contribution < 1.29 is 23.1 Å². The van der Waals surface area contributed by atoms with Gasteiger partial charge in [-0.25, -0.2) is 9.97 Å². The maximum Gasteiger partial charge on any atom is 0.434 e. The molecule has 0 bridgehead atoms. The number of β-amino-alcohol motifs (C(OH)–C–C–N with tert-alkyl or cyclic N) is 1. The molecule has 1 aromatic carbocycles. The van der Waals surface area contributed by atoms with Gasteiger partial charge >= 0.3 is 6.18 Å². The van der Waals surface area contributed by atoms with Gasteiger partial charge in [0, 0.05) is 25.0 Å². The van der Waals surface area contributed by atoms with Crippen molar-refractivity contribution in [2.75, 3.05) is 25.0 Å². The Kier molecular flexibility index (Phi) is 5.80. The number of aliphatic hydroxyl groups is 1. The number of benzene rings is 1. The zero-order valence-corrected chi connectivity index (χ0v) is 14.9. The zero-order chi connectivity index (χ0) is 20.2. The van der Waals surface area contributed by atoms with E-state index in [9.17, 15) is 23.1 Å². The number of alkyl halides is 3. The summed E-state index contributed by atoms with van der Waals surface area (Å²) in [5.41, 5.74) is -2.42. The number of hydrogen-bond donors (Lipinski definition) is 4. The van der Waals surface area contributed by atoms with Gasteiger partial charge < -0.3 is 21.1 Å². The monoisotopic (exact) mass is 395 g/mol. The van der Waals surface area contributed by atoms with Crippen molar-refractivity contribution in [3.8, 4) is 0 Å². The molecule has 10 heteroatoms. The summed E-state index contributed by atoms with van der Waals surface area (Å²) in [6.45, 7) is 1.09. The molecule has 0 aliphatic carbocycles. The molecule has 1 atom stereocenters. The van der Waals surface area contributed by atoms with Gasteiger partial charge in [-0.1, -0.05) is 18.2 Å². The van der Waals surface area contributed by atoms with Crippen LogP contribution in [0.25, 0.3) is 0 Å². The van der Waals surface area contributed by atoms with Crippen LogP contribution in [0.1, 0.15) is 28.9 Å². The van der Waals surface area contributed by atoms with Crippen LogP contribution in [-0.2, 0) is 6.18 Å². The van der Waals surface area contributed by atoms with Crippen molar-refractivity contribution in [2.24, 2.45) is 0 Å². The van der Waals surface area contributed by atoms with Gasteiger partial charge in [0.1, 0.15) is 0 Å². The molecular formula is C18H20F3N5O2. The molecule has 7 nitrogen and oxygen atoms in total. The molecule has 1 aliphatic heterocycles. The molecule has 28 heavy (non-hydrogen) atoms. The zero-order valence-electron chi connectivity index (χ0n) is 14.9. The fourth-order valence-corrected chi connectivity index (χ4v) is 2.92. The lowest BCUT2D eigenvalue weighted by molar-refractivity contribution is -0.141. The Morgan fingerprint density at radius 1 is 1.29 bits per heavy atom. The van der Waals surface area contributed by atoms with Crippen molar-refractivity contribution in [1.82, 2.24) is 20.6 Å². The van der Waals surface area contributed by atoms with Crippen molar-refractivity contribution in [2.45, 2.75) is 24.6 Å². The molecule has 2 aromatic rings. The smallest absolute Gasteiger partial charge is 0.388 e. The molecule has 3 rings (SSSR count). The first-order valence-electron chi connectivity index (χ1n) is 8.74. The number of halogens is 3. The van der Waals surface area contributed by atoms with Crippen molar-refractivity contribution in [1.29, 1.82) is 0 Å². The average molecular weight is 395 g/mol. The molecule has 150 valence electrons. The molecule has 2 heterocycles. The molecule has 0 spiro atoms. The number of para-hydroxylation sites is 1. The minimum Gasteiger partial charge on any atom is -0.388 e. The number of rotatable bonds is 6. The fourth-order valence-electron chi connectivity index (χ4n) is 2.92. The SMILES string of the molecule is O=C(NCCC1(O)CCNC1)c1cnc(Nc2ccccc2)nc1C(F)(F)F. The first-order chi connectivity index (χ1) is 13.3. The highest BCUT2D eigenvalue weighted by Gasteiger charge is 2.38. The second kappa shape index (κ2) is 8.11. The first-order valence-corrected chi connectivity index (χ1v) is 8.74.